The van der Waals surface area contributed by atoms with Crippen molar-refractivity contribution in [3.63, 3.8) is 0 Å². The molecule has 0 aliphatic rings. The van der Waals surface area contributed by atoms with Crippen LogP contribution in [0, 0.1) is 0 Å². The van der Waals surface area contributed by atoms with Crippen molar-refractivity contribution in [2.24, 2.45) is 5.73 Å². The molecule has 0 bridgehead atoms. The van der Waals surface area contributed by atoms with Crippen LogP contribution >= 0.6 is 0 Å². The maximum Gasteiger partial charge on any atom is -0.00772 e. The maximum absolute atomic E-state index is 5.38. The van der Waals surface area contributed by atoms with Gasteiger partial charge in [-0.2, -0.15) is 0 Å². The Bertz CT molecular complexity index is 94.9. The lowest BCUT2D eigenvalue weighted by Crippen LogP contribution is -1.97. The van der Waals surface area contributed by atoms with E-state index in [2.05, 4.69) is 19.9 Å². The monoisotopic (exact) mass is 141 g/mol. The summed E-state index contributed by atoms with van der Waals surface area (Å²) in [6, 6.07) is 0. The van der Waals surface area contributed by atoms with E-state index < -0.39 is 0 Å². The highest BCUT2D eigenvalue weighted by atomic mass is 14.5. The molecule has 0 spiro atoms. The van der Waals surface area contributed by atoms with Crippen LogP contribution in [0.15, 0.2) is 11.6 Å². The van der Waals surface area contributed by atoms with Crippen LogP contribution in [0.4, 0.5) is 0 Å². The standard InChI is InChI=1S/C9H19N/c1-3-9(4-2)7-5-6-8-10/h3H,4-8,10H2,1-2H3. The molecule has 10 heavy (non-hydrogen) atoms. The third-order valence-corrected chi connectivity index (χ3v) is 1.81. The van der Waals surface area contributed by atoms with E-state index in [1.165, 1.54) is 19.3 Å². The first-order chi connectivity index (χ1) is 4.85. The fourth-order valence-electron chi connectivity index (χ4n) is 1.02. The Balaban J connectivity index is 3.27. The average molecular weight is 141 g/mol. The van der Waals surface area contributed by atoms with Gasteiger partial charge in [-0.15, -0.1) is 0 Å². The number of allylic oxidation sites excluding steroid dienone is 2. The van der Waals surface area contributed by atoms with Crippen molar-refractivity contribution in [3.8, 4) is 0 Å². The van der Waals surface area contributed by atoms with Crippen molar-refractivity contribution < 1.29 is 0 Å². The van der Waals surface area contributed by atoms with Crippen molar-refractivity contribution in [1.29, 1.82) is 0 Å². The van der Waals surface area contributed by atoms with E-state index in [-0.39, 0.29) is 0 Å². The zero-order valence-corrected chi connectivity index (χ0v) is 7.19. The summed E-state index contributed by atoms with van der Waals surface area (Å²) >= 11 is 0. The summed E-state index contributed by atoms with van der Waals surface area (Å²) in [5.41, 5.74) is 6.94. The van der Waals surface area contributed by atoms with Gasteiger partial charge in [0.05, 0.1) is 0 Å². The Morgan fingerprint density at radius 2 is 2.10 bits per heavy atom. The van der Waals surface area contributed by atoms with Gasteiger partial charge < -0.3 is 5.73 Å². The van der Waals surface area contributed by atoms with E-state index in [0.717, 1.165) is 13.0 Å². The van der Waals surface area contributed by atoms with Crippen molar-refractivity contribution in [1.82, 2.24) is 0 Å². The molecule has 0 unspecified atom stereocenters. The van der Waals surface area contributed by atoms with Crippen LogP contribution in [-0.2, 0) is 0 Å². The van der Waals surface area contributed by atoms with E-state index >= 15 is 0 Å². The predicted octanol–water partition coefficient (Wildman–Crippen LogP) is 2.47. The number of hydrogen-bond acceptors (Lipinski definition) is 1. The Labute approximate surface area is 64.3 Å². The largest absolute Gasteiger partial charge is 0.330 e. The molecule has 0 amide bonds. The fourth-order valence-corrected chi connectivity index (χ4v) is 1.02. The van der Waals surface area contributed by atoms with Gasteiger partial charge >= 0.3 is 0 Å². The van der Waals surface area contributed by atoms with E-state index in [0.29, 0.717) is 0 Å². The van der Waals surface area contributed by atoms with Crippen LogP contribution < -0.4 is 5.73 Å². The summed E-state index contributed by atoms with van der Waals surface area (Å²) < 4.78 is 0. The van der Waals surface area contributed by atoms with Crippen LogP contribution in [0.2, 0.25) is 0 Å². The van der Waals surface area contributed by atoms with Crippen molar-refractivity contribution >= 4 is 0 Å². The molecule has 0 rings (SSSR count). The van der Waals surface area contributed by atoms with Crippen LogP contribution in [0.5, 0.6) is 0 Å². The number of rotatable bonds is 5. The summed E-state index contributed by atoms with van der Waals surface area (Å²) in [5.74, 6) is 0. The minimum absolute atomic E-state index is 0.834. The third-order valence-electron chi connectivity index (χ3n) is 1.81. The Morgan fingerprint density at radius 1 is 1.40 bits per heavy atom. The maximum atomic E-state index is 5.38. The first-order valence-electron chi connectivity index (χ1n) is 4.19. The van der Waals surface area contributed by atoms with Crippen LogP contribution in [0.3, 0.4) is 0 Å². The van der Waals surface area contributed by atoms with Gasteiger partial charge in [0.2, 0.25) is 0 Å². The topological polar surface area (TPSA) is 26.0 Å². The Hall–Kier alpha value is -0.300. The first kappa shape index (κ1) is 9.70. The minimum atomic E-state index is 0.834. The smallest absolute Gasteiger partial charge is 0.00772 e. The summed E-state index contributed by atoms with van der Waals surface area (Å²) in [6.45, 7) is 5.15. The van der Waals surface area contributed by atoms with Gasteiger partial charge in [-0.05, 0) is 39.2 Å². The van der Waals surface area contributed by atoms with E-state index in [1.54, 1.807) is 5.57 Å². The van der Waals surface area contributed by atoms with Crippen molar-refractivity contribution in [2.75, 3.05) is 6.54 Å². The molecule has 0 saturated heterocycles. The molecular formula is C9H19N. The van der Waals surface area contributed by atoms with E-state index in [9.17, 15) is 0 Å². The molecule has 1 nitrogen and oxygen atoms in total. The highest BCUT2D eigenvalue weighted by Gasteiger charge is 1.91. The van der Waals surface area contributed by atoms with Crippen molar-refractivity contribution in [2.45, 2.75) is 39.5 Å². The quantitative estimate of drug-likeness (QED) is 0.462. The average Bonchev–Trinajstić information content (AvgIpc) is 1.99. The fraction of sp³-hybridized carbons (Fsp3) is 0.778. The summed E-state index contributed by atoms with van der Waals surface area (Å²) in [7, 11) is 0. The SMILES string of the molecule is CC=C(CC)CCCCN. The lowest BCUT2D eigenvalue weighted by atomic mass is 10.1. The van der Waals surface area contributed by atoms with Gasteiger partial charge in [0, 0.05) is 0 Å². The molecular weight excluding hydrogens is 122 g/mol. The van der Waals surface area contributed by atoms with Gasteiger partial charge in [0.25, 0.3) is 0 Å². The van der Waals surface area contributed by atoms with Gasteiger partial charge in [0.15, 0.2) is 0 Å². The molecule has 0 fully saturated rings. The molecule has 0 atom stereocenters. The highest BCUT2D eigenvalue weighted by Crippen LogP contribution is 2.09. The summed E-state index contributed by atoms with van der Waals surface area (Å²) in [4.78, 5) is 0. The third kappa shape index (κ3) is 4.57. The zero-order chi connectivity index (χ0) is 7.82. The molecule has 0 saturated carbocycles. The molecule has 60 valence electrons. The van der Waals surface area contributed by atoms with Crippen LogP contribution in [-0.4, -0.2) is 6.54 Å². The molecule has 0 aromatic rings. The van der Waals surface area contributed by atoms with Crippen molar-refractivity contribution in [3.05, 3.63) is 11.6 Å². The molecule has 1 heteroatoms. The second-order valence-electron chi connectivity index (χ2n) is 2.55. The molecule has 0 aliphatic carbocycles. The van der Waals surface area contributed by atoms with Gasteiger partial charge in [-0.1, -0.05) is 18.6 Å². The second kappa shape index (κ2) is 6.81. The molecule has 0 radical (unpaired) electrons. The Kier molecular flexibility index (Phi) is 6.61. The first-order valence-corrected chi connectivity index (χ1v) is 4.19. The molecule has 0 aromatic carbocycles. The van der Waals surface area contributed by atoms with Gasteiger partial charge in [-0.3, -0.25) is 0 Å². The predicted molar refractivity (Wildman–Crippen MR) is 47.0 cm³/mol. The lowest BCUT2D eigenvalue weighted by Gasteiger charge is -2.01. The molecule has 0 aromatic heterocycles. The molecule has 2 N–H and O–H groups in total. The Morgan fingerprint density at radius 3 is 2.50 bits per heavy atom. The number of hydrogen-bond donors (Lipinski definition) is 1. The molecule has 0 aliphatic heterocycles. The van der Waals surface area contributed by atoms with E-state index in [1.807, 2.05) is 0 Å². The normalized spacial score (nSPS) is 12.1. The highest BCUT2D eigenvalue weighted by molar-refractivity contribution is 4.98. The summed E-state index contributed by atoms with van der Waals surface area (Å²) in [6.07, 6.45) is 7.07. The van der Waals surface area contributed by atoms with Crippen LogP contribution in [0.1, 0.15) is 39.5 Å². The van der Waals surface area contributed by atoms with Crippen LogP contribution in [0.25, 0.3) is 0 Å². The van der Waals surface area contributed by atoms with E-state index in [4.69, 9.17) is 5.73 Å². The summed E-state index contributed by atoms with van der Waals surface area (Å²) in [5, 5.41) is 0. The van der Waals surface area contributed by atoms with Gasteiger partial charge in [-0.25, -0.2) is 0 Å². The lowest BCUT2D eigenvalue weighted by molar-refractivity contribution is 0.725. The number of unbranched alkanes of at least 4 members (excludes halogenated alkanes) is 1. The number of nitrogens with two attached hydrogens (primary N) is 1. The zero-order valence-electron chi connectivity index (χ0n) is 7.19. The van der Waals surface area contributed by atoms with Gasteiger partial charge in [0.1, 0.15) is 0 Å². The molecule has 0 heterocycles. The second-order valence-corrected chi connectivity index (χ2v) is 2.55. The minimum Gasteiger partial charge on any atom is -0.330 e.